The van der Waals surface area contributed by atoms with Crippen molar-refractivity contribution in [2.24, 2.45) is 0 Å². The summed E-state index contributed by atoms with van der Waals surface area (Å²) in [6, 6.07) is -0.849. The molecule has 3 atom stereocenters. The minimum absolute atomic E-state index is 0.0618. The zero-order chi connectivity index (χ0) is 57.7. The van der Waals surface area contributed by atoms with Gasteiger partial charge in [-0.2, -0.15) is 0 Å². The summed E-state index contributed by atoms with van der Waals surface area (Å²) in [7, 11) is 1.58. The van der Waals surface area contributed by atoms with Gasteiger partial charge in [-0.1, -0.05) is 326 Å². The molecule has 3 unspecified atom stereocenters. The average molecular weight is 1130 g/mol. The molecule has 0 spiro atoms. The van der Waals surface area contributed by atoms with Crippen molar-refractivity contribution in [1.82, 2.24) is 5.32 Å². The van der Waals surface area contributed by atoms with Crippen molar-refractivity contribution in [3.05, 3.63) is 48.6 Å². The number of carbonyl (C=O) groups is 1. The van der Waals surface area contributed by atoms with Gasteiger partial charge in [0.1, 0.15) is 13.2 Å². The highest BCUT2D eigenvalue weighted by atomic mass is 31.2. The summed E-state index contributed by atoms with van der Waals surface area (Å²) < 4.78 is 23.8. The molecule has 1 amide bonds. The lowest BCUT2D eigenvalue weighted by Gasteiger charge is -2.25. The maximum atomic E-state index is 13.0. The van der Waals surface area contributed by atoms with Crippen molar-refractivity contribution < 1.29 is 32.9 Å². The van der Waals surface area contributed by atoms with Crippen molar-refractivity contribution >= 4 is 13.7 Å². The molecule has 0 aliphatic heterocycles. The largest absolute Gasteiger partial charge is 0.472 e. The van der Waals surface area contributed by atoms with Crippen LogP contribution in [0.3, 0.4) is 0 Å². The van der Waals surface area contributed by atoms with Crippen LogP contribution in [0.1, 0.15) is 341 Å². The number of hydrogen-bond acceptors (Lipinski definition) is 5. The summed E-state index contributed by atoms with van der Waals surface area (Å²) in [6.45, 7) is 4.85. The molecule has 466 valence electrons. The standard InChI is InChI=1S/C70H135N2O6P/c1-6-8-10-12-14-16-18-20-22-24-26-28-30-32-34-36-38-40-42-44-46-48-50-52-54-56-58-60-62-64-70(74)71-68(67-78-79(75,76)77-66-65-72(3,4)5)69(73)63-61-59-57-55-53-51-49-47-45-43-41-39-37-35-33-31-29-27-25-23-21-19-17-15-13-11-9-7-2/h18,20,24,26,30,32,61,63,68-69,73H,6-17,19,21-23,25,27-29,31,33-60,62,64-67H2,1-5H3,(H-,71,74,75,76)/p+1/b20-18-,26-24-,32-30-,63-61+. The Balaban J connectivity index is 4.08. The molecule has 0 aromatic rings. The zero-order valence-corrected chi connectivity index (χ0v) is 54.3. The molecular formula is C70H136N2O6P+. The van der Waals surface area contributed by atoms with Gasteiger partial charge in [0.15, 0.2) is 0 Å². The van der Waals surface area contributed by atoms with E-state index in [1.54, 1.807) is 6.08 Å². The van der Waals surface area contributed by atoms with E-state index in [0.717, 1.165) is 51.4 Å². The first kappa shape index (κ1) is 77.5. The van der Waals surface area contributed by atoms with Gasteiger partial charge in [0.2, 0.25) is 5.91 Å². The van der Waals surface area contributed by atoms with Gasteiger partial charge in [0.25, 0.3) is 0 Å². The van der Waals surface area contributed by atoms with Crippen molar-refractivity contribution in [2.75, 3.05) is 40.9 Å². The molecule has 0 rings (SSSR count). The average Bonchev–Trinajstić information content (AvgIpc) is 3.42. The molecule has 0 saturated carbocycles. The molecule has 0 saturated heterocycles. The molecular weight excluding hydrogens is 996 g/mol. The summed E-state index contributed by atoms with van der Waals surface area (Å²) in [4.78, 5) is 23.4. The van der Waals surface area contributed by atoms with Crippen LogP contribution >= 0.6 is 7.82 Å². The molecule has 0 bridgehead atoms. The Hall–Kier alpha value is -1.54. The number of aliphatic hydroxyl groups excluding tert-OH is 1. The van der Waals surface area contributed by atoms with Crippen LogP contribution in [0.5, 0.6) is 0 Å². The second-order valence-corrected chi connectivity index (χ2v) is 26.4. The van der Waals surface area contributed by atoms with Gasteiger partial charge in [-0.05, 0) is 57.8 Å². The van der Waals surface area contributed by atoms with Crippen LogP contribution in [-0.4, -0.2) is 73.4 Å². The van der Waals surface area contributed by atoms with E-state index in [0.29, 0.717) is 17.4 Å². The van der Waals surface area contributed by atoms with E-state index in [1.807, 2.05) is 27.2 Å². The number of likely N-dealkylation sites (N-methyl/N-ethyl adjacent to an activating group) is 1. The molecule has 8 nitrogen and oxygen atoms in total. The molecule has 3 N–H and O–H groups in total. The van der Waals surface area contributed by atoms with E-state index in [1.165, 1.54) is 270 Å². The Labute approximate surface area is 492 Å². The van der Waals surface area contributed by atoms with Crippen LogP contribution in [0, 0.1) is 0 Å². The number of unbranched alkanes of at least 4 members (excludes halogenated alkanes) is 45. The molecule has 0 aromatic heterocycles. The lowest BCUT2D eigenvalue weighted by Crippen LogP contribution is -2.45. The van der Waals surface area contributed by atoms with Crippen LogP contribution in [-0.2, 0) is 18.4 Å². The van der Waals surface area contributed by atoms with Crippen LogP contribution in [0.25, 0.3) is 0 Å². The predicted molar refractivity (Wildman–Crippen MR) is 346 cm³/mol. The van der Waals surface area contributed by atoms with Gasteiger partial charge < -0.3 is 19.8 Å². The normalized spacial score (nSPS) is 14.0. The minimum atomic E-state index is -4.35. The highest BCUT2D eigenvalue weighted by Gasteiger charge is 2.28. The predicted octanol–water partition coefficient (Wildman–Crippen LogP) is 21.8. The Morgan fingerprint density at radius 3 is 1.05 bits per heavy atom. The molecule has 0 aromatic carbocycles. The van der Waals surface area contributed by atoms with E-state index >= 15 is 0 Å². The van der Waals surface area contributed by atoms with E-state index in [-0.39, 0.29) is 19.1 Å². The van der Waals surface area contributed by atoms with Crippen molar-refractivity contribution in [2.45, 2.75) is 353 Å². The quantitative estimate of drug-likeness (QED) is 0.0243. The summed E-state index contributed by atoms with van der Waals surface area (Å²) in [5.41, 5.74) is 0. The van der Waals surface area contributed by atoms with Gasteiger partial charge in [0.05, 0.1) is 39.9 Å². The second-order valence-electron chi connectivity index (χ2n) is 24.9. The van der Waals surface area contributed by atoms with Gasteiger partial charge in [-0.25, -0.2) is 4.57 Å². The smallest absolute Gasteiger partial charge is 0.387 e. The zero-order valence-electron chi connectivity index (χ0n) is 53.4. The SMILES string of the molecule is CCCCCCC/C=C\C/C=C\C/C=C\CCCCCCCCCCCCCCCCC(=O)NC(COP(=O)(O)OCC[N+](C)(C)C)C(O)/C=C/CCCCCCCCCCCCCCCCCCCCCCCCCCCC. The van der Waals surface area contributed by atoms with E-state index in [2.05, 4.69) is 55.6 Å². The van der Waals surface area contributed by atoms with Gasteiger partial charge >= 0.3 is 7.82 Å². The first-order valence-electron chi connectivity index (χ1n) is 34.5. The summed E-state index contributed by atoms with van der Waals surface area (Å²) in [6.07, 6.45) is 82.5. The van der Waals surface area contributed by atoms with E-state index in [9.17, 15) is 19.4 Å². The maximum absolute atomic E-state index is 13.0. The third-order valence-electron chi connectivity index (χ3n) is 15.8. The number of hydrogen-bond donors (Lipinski definition) is 3. The first-order valence-corrected chi connectivity index (χ1v) is 36.0. The van der Waals surface area contributed by atoms with Crippen LogP contribution in [0.4, 0.5) is 0 Å². The number of nitrogens with one attached hydrogen (secondary N) is 1. The third-order valence-corrected chi connectivity index (χ3v) is 16.8. The number of allylic oxidation sites excluding steroid dienone is 7. The van der Waals surface area contributed by atoms with Gasteiger partial charge in [0, 0.05) is 6.42 Å². The second kappa shape index (κ2) is 61.0. The number of rotatable bonds is 64. The van der Waals surface area contributed by atoms with E-state index in [4.69, 9.17) is 9.05 Å². The third kappa shape index (κ3) is 63.9. The Bertz CT molecular complexity index is 1430. The molecule has 0 heterocycles. The number of amides is 1. The maximum Gasteiger partial charge on any atom is 0.472 e. The number of carbonyl (C=O) groups excluding carboxylic acids is 1. The molecule has 0 fully saturated rings. The number of nitrogens with zero attached hydrogens (tertiary/aromatic N) is 1. The lowest BCUT2D eigenvalue weighted by atomic mass is 10.0. The Morgan fingerprint density at radius 1 is 0.430 bits per heavy atom. The van der Waals surface area contributed by atoms with E-state index < -0.39 is 20.0 Å². The van der Waals surface area contributed by atoms with Crippen molar-refractivity contribution in [3.8, 4) is 0 Å². The highest BCUT2D eigenvalue weighted by Crippen LogP contribution is 2.43. The fourth-order valence-corrected chi connectivity index (χ4v) is 11.1. The van der Waals surface area contributed by atoms with Crippen LogP contribution in [0.15, 0.2) is 48.6 Å². The Kier molecular flexibility index (Phi) is 59.8. The van der Waals surface area contributed by atoms with Crippen molar-refractivity contribution in [3.63, 3.8) is 0 Å². The fourth-order valence-electron chi connectivity index (χ4n) is 10.4. The lowest BCUT2D eigenvalue weighted by molar-refractivity contribution is -0.870. The fraction of sp³-hybridized carbons (Fsp3) is 0.871. The molecule has 0 aliphatic rings. The monoisotopic (exact) mass is 1130 g/mol. The number of quaternary nitrogens is 1. The topological polar surface area (TPSA) is 105 Å². The molecule has 0 radical (unpaired) electrons. The van der Waals surface area contributed by atoms with Gasteiger partial charge in [-0.3, -0.25) is 13.8 Å². The molecule has 9 heteroatoms. The Morgan fingerprint density at radius 2 is 0.722 bits per heavy atom. The number of aliphatic hydroxyl groups is 1. The number of phosphoric acid groups is 1. The minimum Gasteiger partial charge on any atom is -0.387 e. The van der Waals surface area contributed by atoms with Crippen LogP contribution in [0.2, 0.25) is 0 Å². The first-order chi connectivity index (χ1) is 38.5. The molecule has 0 aliphatic carbocycles. The summed E-state index contributed by atoms with van der Waals surface area (Å²) in [5, 5.41) is 14.0. The summed E-state index contributed by atoms with van der Waals surface area (Å²) >= 11 is 0. The van der Waals surface area contributed by atoms with Crippen molar-refractivity contribution in [1.29, 1.82) is 0 Å². The molecule has 79 heavy (non-hydrogen) atoms. The number of phosphoric ester groups is 1. The van der Waals surface area contributed by atoms with Crippen LogP contribution < -0.4 is 5.32 Å². The van der Waals surface area contributed by atoms with Gasteiger partial charge in [-0.15, -0.1) is 0 Å². The highest BCUT2D eigenvalue weighted by molar-refractivity contribution is 7.47. The summed E-state index contributed by atoms with van der Waals surface area (Å²) in [5.74, 6) is -0.173.